The third-order valence-corrected chi connectivity index (χ3v) is 0.667. The van der Waals surface area contributed by atoms with Gasteiger partial charge in [0.25, 0.3) is 0 Å². The van der Waals surface area contributed by atoms with E-state index in [0.717, 1.165) is 0 Å². The molecule has 0 aliphatic rings. The van der Waals surface area contributed by atoms with Gasteiger partial charge in [-0.25, -0.2) is 0 Å². The fourth-order valence-electron chi connectivity index (χ4n) is 0.385. The summed E-state index contributed by atoms with van der Waals surface area (Å²) in [6.07, 6.45) is 0. The molecule has 0 saturated heterocycles. The average molecular weight is 240 g/mol. The fraction of sp³-hybridized carbons (Fsp3) is 0.647. The lowest BCUT2D eigenvalue weighted by Crippen LogP contribution is -1.93. The Kier molecular flexibility index (Phi) is 36.2. The molecule has 0 radical (unpaired) electrons. The largest absolute Gasteiger partial charge is 0.0683 e. The highest BCUT2D eigenvalue weighted by Gasteiger charge is 1.95. The summed E-state index contributed by atoms with van der Waals surface area (Å²) in [7, 11) is 0. The second-order valence-corrected chi connectivity index (χ2v) is 4.15. The van der Waals surface area contributed by atoms with Gasteiger partial charge in [0, 0.05) is 0 Å². The minimum atomic E-state index is 0.500. The molecule has 0 fully saturated rings. The Bertz CT molecular complexity index is 124. The molecule has 0 saturated carbocycles. The molecule has 0 amide bonds. The van der Waals surface area contributed by atoms with Crippen LogP contribution in [0.4, 0.5) is 0 Å². The van der Waals surface area contributed by atoms with E-state index in [2.05, 4.69) is 27.7 Å². The Morgan fingerprint density at radius 1 is 0.412 bits per heavy atom. The Morgan fingerprint density at radius 3 is 0.529 bits per heavy atom. The monoisotopic (exact) mass is 240 g/mol. The van der Waals surface area contributed by atoms with Gasteiger partial charge in [-0.15, -0.1) is 0 Å². The van der Waals surface area contributed by atoms with Crippen LogP contribution in [0.1, 0.15) is 69.2 Å². The van der Waals surface area contributed by atoms with Gasteiger partial charge < -0.3 is 0 Å². The Labute approximate surface area is 111 Å². The molecule has 0 nitrogen and oxygen atoms in total. The molecule has 0 aliphatic heterocycles. The summed E-state index contributed by atoms with van der Waals surface area (Å²) in [6.45, 7) is 20.8. The van der Waals surface area contributed by atoms with Crippen LogP contribution >= 0.6 is 0 Å². The van der Waals surface area contributed by atoms with Gasteiger partial charge in [-0.2, -0.15) is 0 Å². The molecule has 0 aromatic heterocycles. The van der Waals surface area contributed by atoms with E-state index >= 15 is 0 Å². The highest BCUT2D eigenvalue weighted by atomic mass is 14.0. The van der Waals surface area contributed by atoms with Gasteiger partial charge in [0.2, 0.25) is 0 Å². The highest BCUT2D eigenvalue weighted by molar-refractivity contribution is 4.99. The van der Waals surface area contributed by atoms with E-state index < -0.39 is 0 Å². The van der Waals surface area contributed by atoms with E-state index in [1.807, 2.05) is 77.9 Å². The van der Waals surface area contributed by atoms with Crippen LogP contribution in [0.3, 0.4) is 0 Å². The molecule has 1 aromatic carbocycles. The molecule has 0 heterocycles. The van der Waals surface area contributed by atoms with Gasteiger partial charge in [0.05, 0.1) is 0 Å². The number of benzene rings is 1. The van der Waals surface area contributed by atoms with Crippen molar-refractivity contribution in [1.82, 2.24) is 0 Å². The maximum atomic E-state index is 2.19. The van der Waals surface area contributed by atoms with E-state index in [9.17, 15) is 0 Å². The lowest BCUT2D eigenvalue weighted by atomic mass is 10.0. The smallest absolute Gasteiger partial charge is 0.0411 e. The third kappa shape index (κ3) is 97.6. The summed E-state index contributed by atoms with van der Waals surface area (Å²) in [5.74, 6) is 0. The maximum absolute atomic E-state index is 2.19. The van der Waals surface area contributed by atoms with Gasteiger partial charge in [-0.05, 0) is 5.41 Å². The van der Waals surface area contributed by atoms with Crippen molar-refractivity contribution in [2.75, 3.05) is 0 Å². The first-order valence-corrected chi connectivity index (χ1v) is 7.00. The third-order valence-electron chi connectivity index (χ3n) is 0.667. The van der Waals surface area contributed by atoms with Gasteiger partial charge in [0.15, 0.2) is 0 Å². The SMILES string of the molecule is CC.CC.CC.CC(C)(C)C.c1ccccc1. The number of hydrogen-bond acceptors (Lipinski definition) is 0. The van der Waals surface area contributed by atoms with Crippen LogP contribution in [0.25, 0.3) is 0 Å². The second kappa shape index (κ2) is 24.4. The lowest BCUT2D eigenvalue weighted by Gasteiger charge is -2.05. The minimum Gasteiger partial charge on any atom is -0.0683 e. The van der Waals surface area contributed by atoms with Crippen LogP contribution in [0.15, 0.2) is 36.4 Å². The van der Waals surface area contributed by atoms with Crippen LogP contribution in [-0.2, 0) is 0 Å². The molecule has 17 heavy (non-hydrogen) atoms. The van der Waals surface area contributed by atoms with Crippen LogP contribution < -0.4 is 0 Å². The van der Waals surface area contributed by atoms with Crippen LogP contribution in [0.2, 0.25) is 0 Å². The predicted octanol–water partition coefficient (Wildman–Crippen LogP) is 6.82. The van der Waals surface area contributed by atoms with Crippen molar-refractivity contribution in [1.29, 1.82) is 0 Å². The second-order valence-electron chi connectivity index (χ2n) is 4.15. The van der Waals surface area contributed by atoms with E-state index in [4.69, 9.17) is 0 Å². The molecule has 0 atom stereocenters. The number of rotatable bonds is 0. The van der Waals surface area contributed by atoms with Crippen LogP contribution in [0.5, 0.6) is 0 Å². The van der Waals surface area contributed by atoms with E-state index in [1.54, 1.807) is 0 Å². The first-order chi connectivity index (χ1) is 8.00. The molecule has 0 unspecified atom stereocenters. The lowest BCUT2D eigenvalue weighted by molar-refractivity contribution is 0.469. The topological polar surface area (TPSA) is 0 Å². The molecular formula is C17H36. The molecule has 104 valence electrons. The summed E-state index contributed by atoms with van der Waals surface area (Å²) in [5, 5.41) is 0. The Hall–Kier alpha value is -0.780. The van der Waals surface area contributed by atoms with Gasteiger partial charge in [-0.1, -0.05) is 106 Å². The molecule has 0 bridgehead atoms. The van der Waals surface area contributed by atoms with Crippen molar-refractivity contribution in [3.05, 3.63) is 36.4 Å². The van der Waals surface area contributed by atoms with Crippen LogP contribution in [-0.4, -0.2) is 0 Å². The van der Waals surface area contributed by atoms with Crippen molar-refractivity contribution >= 4 is 0 Å². The molecule has 1 rings (SSSR count). The molecule has 0 spiro atoms. The van der Waals surface area contributed by atoms with Crippen molar-refractivity contribution in [2.24, 2.45) is 5.41 Å². The summed E-state index contributed by atoms with van der Waals surface area (Å²) >= 11 is 0. The first-order valence-electron chi connectivity index (χ1n) is 7.00. The zero-order chi connectivity index (χ0) is 14.7. The minimum absolute atomic E-state index is 0.500. The quantitative estimate of drug-likeness (QED) is 0.467. The van der Waals surface area contributed by atoms with Crippen LogP contribution in [0, 0.1) is 5.41 Å². The highest BCUT2D eigenvalue weighted by Crippen LogP contribution is 2.08. The predicted molar refractivity (Wildman–Crippen MR) is 85.6 cm³/mol. The zero-order valence-electron chi connectivity index (χ0n) is 14.0. The van der Waals surface area contributed by atoms with E-state index in [-0.39, 0.29) is 0 Å². The van der Waals surface area contributed by atoms with E-state index in [1.165, 1.54) is 0 Å². The van der Waals surface area contributed by atoms with Gasteiger partial charge in [0.1, 0.15) is 0 Å². The van der Waals surface area contributed by atoms with Crippen molar-refractivity contribution < 1.29 is 0 Å². The first kappa shape index (κ1) is 25.2. The van der Waals surface area contributed by atoms with Crippen molar-refractivity contribution in [2.45, 2.75) is 69.2 Å². The Morgan fingerprint density at radius 2 is 0.471 bits per heavy atom. The standard InChI is InChI=1S/C6H6.C5H12.3C2H6/c1-2-4-6-5-3-1;1-5(2,3)4;3*1-2/h1-6H;1-4H3;3*1-2H3. The van der Waals surface area contributed by atoms with E-state index in [0.29, 0.717) is 5.41 Å². The average Bonchev–Trinajstić information content (AvgIpc) is 2.37. The van der Waals surface area contributed by atoms with Crippen molar-refractivity contribution in [3.8, 4) is 0 Å². The van der Waals surface area contributed by atoms with Gasteiger partial charge >= 0.3 is 0 Å². The molecule has 0 heteroatoms. The summed E-state index contributed by atoms with van der Waals surface area (Å²) < 4.78 is 0. The molecule has 0 N–H and O–H groups in total. The molecule has 0 aliphatic carbocycles. The summed E-state index contributed by atoms with van der Waals surface area (Å²) in [4.78, 5) is 0. The fourth-order valence-corrected chi connectivity index (χ4v) is 0.385. The Balaban J connectivity index is -0.0000000701. The molecule has 1 aromatic rings. The zero-order valence-corrected chi connectivity index (χ0v) is 14.0. The van der Waals surface area contributed by atoms with Crippen molar-refractivity contribution in [3.63, 3.8) is 0 Å². The number of hydrogen-bond donors (Lipinski definition) is 0. The van der Waals surface area contributed by atoms with Gasteiger partial charge in [-0.3, -0.25) is 0 Å². The normalized spacial score (nSPS) is 7.41. The summed E-state index contributed by atoms with van der Waals surface area (Å²) in [5.41, 5.74) is 0.500. The molecular weight excluding hydrogens is 204 g/mol. The maximum Gasteiger partial charge on any atom is -0.0411 e. The summed E-state index contributed by atoms with van der Waals surface area (Å²) in [6, 6.07) is 12.0.